The van der Waals surface area contributed by atoms with Crippen molar-refractivity contribution in [2.75, 3.05) is 6.61 Å². The van der Waals surface area contributed by atoms with Crippen LogP contribution in [0.5, 0.6) is 5.75 Å². The van der Waals surface area contributed by atoms with Crippen LogP contribution in [0.1, 0.15) is 39.4 Å². The fourth-order valence-electron chi connectivity index (χ4n) is 3.31. The van der Waals surface area contributed by atoms with Gasteiger partial charge in [0.15, 0.2) is 0 Å². The zero-order valence-electron chi connectivity index (χ0n) is 13.1. The lowest BCUT2D eigenvalue weighted by Crippen LogP contribution is -2.15. The van der Waals surface area contributed by atoms with Crippen LogP contribution in [0.2, 0.25) is 0 Å². The third-order valence-electron chi connectivity index (χ3n) is 4.41. The van der Waals surface area contributed by atoms with Crippen molar-refractivity contribution in [2.45, 2.75) is 39.7 Å². The maximum Gasteiger partial charge on any atom is 0.122 e. The summed E-state index contributed by atoms with van der Waals surface area (Å²) in [7, 11) is 0. The molecule has 2 aromatic rings. The Morgan fingerprint density at radius 3 is 2.52 bits per heavy atom. The van der Waals surface area contributed by atoms with Gasteiger partial charge in [0.1, 0.15) is 5.75 Å². The Hall–Kier alpha value is -1.80. The smallest absolute Gasteiger partial charge is 0.122 e. The minimum Gasteiger partial charge on any atom is -0.493 e. The van der Waals surface area contributed by atoms with Crippen molar-refractivity contribution in [3.8, 4) is 5.75 Å². The second-order valence-corrected chi connectivity index (χ2v) is 6.15. The molecule has 3 rings (SSSR count). The molecule has 1 aliphatic heterocycles. The van der Waals surface area contributed by atoms with E-state index in [1.165, 1.54) is 33.4 Å². The van der Waals surface area contributed by atoms with Gasteiger partial charge in [0.05, 0.1) is 6.61 Å². The summed E-state index contributed by atoms with van der Waals surface area (Å²) in [5.74, 6) is 1.02. The lowest BCUT2D eigenvalue weighted by atomic mass is 9.91. The van der Waals surface area contributed by atoms with Crippen LogP contribution in [0.4, 0.5) is 0 Å². The molecule has 0 saturated carbocycles. The predicted molar refractivity (Wildman–Crippen MR) is 86.9 cm³/mol. The summed E-state index contributed by atoms with van der Waals surface area (Å²) in [4.78, 5) is 0. The van der Waals surface area contributed by atoms with Crippen LogP contribution in [-0.4, -0.2) is 6.61 Å². The average molecular weight is 281 g/mol. The molecule has 1 unspecified atom stereocenters. The van der Waals surface area contributed by atoms with Gasteiger partial charge in [-0.3, -0.25) is 0 Å². The highest BCUT2D eigenvalue weighted by Crippen LogP contribution is 2.29. The van der Waals surface area contributed by atoms with Gasteiger partial charge in [-0.1, -0.05) is 29.8 Å². The maximum atomic E-state index is 6.46. The Bertz CT molecular complexity index is 652. The van der Waals surface area contributed by atoms with E-state index in [1.54, 1.807) is 0 Å². The molecule has 0 aliphatic carbocycles. The fourth-order valence-corrected chi connectivity index (χ4v) is 3.31. The topological polar surface area (TPSA) is 35.2 Å². The number of benzene rings is 2. The number of hydrogen-bond donors (Lipinski definition) is 1. The first-order valence-corrected chi connectivity index (χ1v) is 7.62. The zero-order valence-corrected chi connectivity index (χ0v) is 13.1. The Balaban J connectivity index is 1.85. The summed E-state index contributed by atoms with van der Waals surface area (Å²) in [6.07, 6.45) is 1.88. The molecule has 2 N–H and O–H groups in total. The highest BCUT2D eigenvalue weighted by molar-refractivity contribution is 5.42. The van der Waals surface area contributed by atoms with Gasteiger partial charge >= 0.3 is 0 Å². The van der Waals surface area contributed by atoms with Gasteiger partial charge in [-0.05, 0) is 61.1 Å². The SMILES string of the molecule is Cc1cc(C)c(CC(N)c2ccc3c(c2)CCO3)c(C)c1. The molecule has 0 amide bonds. The first-order valence-electron chi connectivity index (χ1n) is 7.62. The highest BCUT2D eigenvalue weighted by atomic mass is 16.5. The van der Waals surface area contributed by atoms with Gasteiger partial charge in [-0.2, -0.15) is 0 Å². The molecule has 0 radical (unpaired) electrons. The second kappa shape index (κ2) is 5.53. The summed E-state index contributed by atoms with van der Waals surface area (Å²) in [5, 5.41) is 0. The van der Waals surface area contributed by atoms with Gasteiger partial charge in [-0.15, -0.1) is 0 Å². The molecular formula is C19H23NO. The highest BCUT2D eigenvalue weighted by Gasteiger charge is 2.16. The quantitative estimate of drug-likeness (QED) is 0.929. The molecule has 0 aromatic heterocycles. The number of nitrogens with two attached hydrogens (primary N) is 1. The summed E-state index contributed by atoms with van der Waals surface area (Å²) in [6, 6.07) is 10.9. The van der Waals surface area contributed by atoms with Crippen molar-refractivity contribution in [1.29, 1.82) is 0 Å². The first kappa shape index (κ1) is 14.2. The second-order valence-electron chi connectivity index (χ2n) is 6.15. The van der Waals surface area contributed by atoms with Crippen LogP contribution in [0.25, 0.3) is 0 Å². The van der Waals surface area contributed by atoms with E-state index < -0.39 is 0 Å². The largest absolute Gasteiger partial charge is 0.493 e. The maximum absolute atomic E-state index is 6.46. The Kier molecular flexibility index (Phi) is 3.73. The van der Waals surface area contributed by atoms with Crippen molar-refractivity contribution in [3.63, 3.8) is 0 Å². The molecule has 0 saturated heterocycles. The number of rotatable bonds is 3. The summed E-state index contributed by atoms with van der Waals surface area (Å²) < 4.78 is 5.56. The Morgan fingerprint density at radius 2 is 1.81 bits per heavy atom. The molecule has 1 heterocycles. The van der Waals surface area contributed by atoms with Crippen LogP contribution in [0.3, 0.4) is 0 Å². The van der Waals surface area contributed by atoms with Crippen molar-refractivity contribution >= 4 is 0 Å². The van der Waals surface area contributed by atoms with E-state index in [1.807, 2.05) is 0 Å². The fraction of sp³-hybridized carbons (Fsp3) is 0.368. The van der Waals surface area contributed by atoms with Crippen LogP contribution in [0, 0.1) is 20.8 Å². The normalized spacial score (nSPS) is 14.7. The lowest BCUT2D eigenvalue weighted by molar-refractivity contribution is 0.357. The van der Waals surface area contributed by atoms with Crippen LogP contribution in [0.15, 0.2) is 30.3 Å². The third-order valence-corrected chi connectivity index (χ3v) is 4.41. The van der Waals surface area contributed by atoms with E-state index in [0.29, 0.717) is 0 Å². The van der Waals surface area contributed by atoms with Crippen molar-refractivity contribution in [3.05, 3.63) is 63.7 Å². The third kappa shape index (κ3) is 2.81. The van der Waals surface area contributed by atoms with Crippen LogP contribution in [-0.2, 0) is 12.8 Å². The molecule has 0 fully saturated rings. The van der Waals surface area contributed by atoms with Gasteiger partial charge in [-0.25, -0.2) is 0 Å². The van der Waals surface area contributed by atoms with E-state index in [4.69, 9.17) is 10.5 Å². The van der Waals surface area contributed by atoms with Crippen LogP contribution < -0.4 is 10.5 Å². The summed E-state index contributed by atoms with van der Waals surface area (Å²) in [5.41, 5.74) is 14.3. The Morgan fingerprint density at radius 1 is 1.10 bits per heavy atom. The minimum atomic E-state index is 0.0380. The monoisotopic (exact) mass is 281 g/mol. The molecule has 110 valence electrons. The minimum absolute atomic E-state index is 0.0380. The molecule has 21 heavy (non-hydrogen) atoms. The molecule has 2 heteroatoms. The Labute approximate surface area is 126 Å². The average Bonchev–Trinajstić information content (AvgIpc) is 2.89. The number of fused-ring (bicyclic) bond motifs is 1. The number of ether oxygens (including phenoxy) is 1. The molecule has 0 bridgehead atoms. The van der Waals surface area contributed by atoms with Gasteiger partial charge in [0.2, 0.25) is 0 Å². The van der Waals surface area contributed by atoms with E-state index >= 15 is 0 Å². The van der Waals surface area contributed by atoms with Gasteiger partial charge in [0, 0.05) is 12.5 Å². The number of aryl methyl sites for hydroxylation is 3. The summed E-state index contributed by atoms with van der Waals surface area (Å²) >= 11 is 0. The summed E-state index contributed by atoms with van der Waals surface area (Å²) in [6.45, 7) is 7.30. The first-order chi connectivity index (χ1) is 10.0. The van der Waals surface area contributed by atoms with E-state index in [9.17, 15) is 0 Å². The van der Waals surface area contributed by atoms with E-state index in [0.717, 1.165) is 25.2 Å². The van der Waals surface area contributed by atoms with Gasteiger partial charge < -0.3 is 10.5 Å². The molecule has 2 nitrogen and oxygen atoms in total. The molecular weight excluding hydrogens is 258 g/mol. The zero-order chi connectivity index (χ0) is 15.0. The van der Waals surface area contributed by atoms with E-state index in [2.05, 4.69) is 51.1 Å². The standard InChI is InChI=1S/C19H23NO/c1-12-8-13(2)17(14(3)9-12)11-18(20)15-4-5-19-16(10-15)6-7-21-19/h4-5,8-10,18H,6-7,11,20H2,1-3H3. The van der Waals surface area contributed by atoms with Gasteiger partial charge in [0.25, 0.3) is 0 Å². The van der Waals surface area contributed by atoms with Crippen molar-refractivity contribution in [2.24, 2.45) is 5.73 Å². The van der Waals surface area contributed by atoms with E-state index in [-0.39, 0.29) is 6.04 Å². The molecule has 1 aliphatic rings. The van der Waals surface area contributed by atoms with Crippen molar-refractivity contribution in [1.82, 2.24) is 0 Å². The molecule has 1 atom stereocenters. The number of hydrogen-bond acceptors (Lipinski definition) is 2. The van der Waals surface area contributed by atoms with Crippen molar-refractivity contribution < 1.29 is 4.74 Å². The predicted octanol–water partition coefficient (Wildman–Crippen LogP) is 3.79. The lowest BCUT2D eigenvalue weighted by Gasteiger charge is -2.17. The molecule has 0 spiro atoms. The van der Waals surface area contributed by atoms with Crippen LogP contribution >= 0.6 is 0 Å². The molecule has 2 aromatic carbocycles.